The van der Waals surface area contributed by atoms with Crippen LogP contribution < -0.4 is 15.4 Å². The normalized spacial score (nSPS) is 12.0. The third-order valence-electron chi connectivity index (χ3n) is 3.87. The van der Waals surface area contributed by atoms with E-state index in [1.807, 2.05) is 0 Å². The summed E-state index contributed by atoms with van der Waals surface area (Å²) in [6.45, 7) is 4.99. The minimum Gasteiger partial charge on any atom is -0.489 e. The van der Waals surface area contributed by atoms with E-state index >= 15 is 0 Å². The van der Waals surface area contributed by atoms with E-state index in [4.69, 9.17) is 9.47 Å². The third kappa shape index (κ3) is 8.08. The van der Waals surface area contributed by atoms with Gasteiger partial charge in [-0.3, -0.25) is 4.79 Å². The van der Waals surface area contributed by atoms with E-state index in [0.717, 1.165) is 11.1 Å². The zero-order valence-electron chi connectivity index (χ0n) is 17.3. The van der Waals surface area contributed by atoms with E-state index < -0.39 is 30.3 Å². The number of carbonyl (C=O) groups excluding carboxylic acids is 2. The second-order valence-corrected chi connectivity index (χ2v) is 7.66. The lowest BCUT2D eigenvalue weighted by Crippen LogP contribution is -2.49. The number of carbonyl (C=O) groups is 2. The first kappa shape index (κ1) is 23.2. The number of hydrogen-bond acceptors (Lipinski definition) is 5. The first-order valence-corrected chi connectivity index (χ1v) is 9.50. The number of nitrogens with one attached hydrogen (secondary N) is 2. The van der Waals surface area contributed by atoms with Gasteiger partial charge >= 0.3 is 6.09 Å². The van der Waals surface area contributed by atoms with Crippen LogP contribution in [-0.4, -0.2) is 35.4 Å². The molecule has 30 heavy (non-hydrogen) atoms. The molecule has 0 aliphatic heterocycles. The molecule has 8 heteroatoms. The smallest absolute Gasteiger partial charge is 0.408 e. The maximum atomic E-state index is 13.2. The predicted octanol–water partition coefficient (Wildman–Crippen LogP) is 2.91. The van der Waals surface area contributed by atoms with Gasteiger partial charge in [0, 0.05) is 6.54 Å². The molecular weight excluding hydrogens is 391 g/mol. The molecule has 0 aliphatic rings. The molecule has 2 rings (SSSR count). The average molecular weight is 418 g/mol. The zero-order valence-corrected chi connectivity index (χ0v) is 17.3. The molecular formula is C22H27FN2O5. The summed E-state index contributed by atoms with van der Waals surface area (Å²) < 4.78 is 23.9. The second kappa shape index (κ2) is 10.6. The van der Waals surface area contributed by atoms with Crippen molar-refractivity contribution in [2.24, 2.45) is 0 Å². The quantitative estimate of drug-likeness (QED) is 0.613. The lowest BCUT2D eigenvalue weighted by molar-refractivity contribution is -0.124. The van der Waals surface area contributed by atoms with E-state index in [0.29, 0.717) is 5.75 Å². The molecule has 0 spiro atoms. The van der Waals surface area contributed by atoms with Crippen molar-refractivity contribution in [1.82, 2.24) is 10.6 Å². The molecule has 162 valence electrons. The Bertz CT molecular complexity index is 849. The molecule has 1 atom stereocenters. The van der Waals surface area contributed by atoms with Gasteiger partial charge in [-0.1, -0.05) is 24.3 Å². The van der Waals surface area contributed by atoms with Crippen LogP contribution in [0.3, 0.4) is 0 Å². The molecule has 7 nitrogen and oxygen atoms in total. The first-order valence-electron chi connectivity index (χ1n) is 9.50. The van der Waals surface area contributed by atoms with Crippen molar-refractivity contribution in [3.05, 3.63) is 65.5 Å². The standard InChI is InChI=1S/C22H27FN2O5/c1-22(2,3)30-21(28)25-19(13-26)20(27)24-12-15-7-9-18(10-8-15)29-14-16-5-4-6-17(23)11-16/h4-11,19,26H,12-14H2,1-3H3,(H,24,27)(H,25,28). The number of halogens is 1. The summed E-state index contributed by atoms with van der Waals surface area (Å²) >= 11 is 0. The van der Waals surface area contributed by atoms with Crippen molar-refractivity contribution in [3.63, 3.8) is 0 Å². The SMILES string of the molecule is CC(C)(C)OC(=O)NC(CO)C(=O)NCc1ccc(OCc2cccc(F)c2)cc1. The van der Waals surface area contributed by atoms with E-state index in [-0.39, 0.29) is 19.0 Å². The minimum atomic E-state index is -1.12. The summed E-state index contributed by atoms with van der Waals surface area (Å²) in [6, 6.07) is 12.1. The van der Waals surface area contributed by atoms with Crippen LogP contribution in [0.25, 0.3) is 0 Å². The molecule has 0 bridgehead atoms. The predicted molar refractivity (Wildman–Crippen MR) is 109 cm³/mol. The monoisotopic (exact) mass is 418 g/mol. The molecule has 0 saturated heterocycles. The highest BCUT2D eigenvalue weighted by Crippen LogP contribution is 2.15. The van der Waals surface area contributed by atoms with Crippen molar-refractivity contribution in [3.8, 4) is 5.75 Å². The molecule has 0 saturated carbocycles. The molecule has 2 aromatic carbocycles. The molecule has 3 N–H and O–H groups in total. The van der Waals surface area contributed by atoms with Crippen molar-refractivity contribution in [2.75, 3.05) is 6.61 Å². The fraction of sp³-hybridized carbons (Fsp3) is 0.364. The number of alkyl carbamates (subject to hydrolysis) is 1. The van der Waals surface area contributed by atoms with Crippen LogP contribution in [0.4, 0.5) is 9.18 Å². The fourth-order valence-corrected chi connectivity index (χ4v) is 2.45. The van der Waals surface area contributed by atoms with Gasteiger partial charge in [0.25, 0.3) is 0 Å². The van der Waals surface area contributed by atoms with Gasteiger partial charge in [0.1, 0.15) is 29.8 Å². The molecule has 0 radical (unpaired) electrons. The van der Waals surface area contributed by atoms with Crippen molar-refractivity contribution in [2.45, 2.75) is 45.6 Å². The van der Waals surface area contributed by atoms with Gasteiger partial charge in [-0.2, -0.15) is 0 Å². The van der Waals surface area contributed by atoms with Crippen LogP contribution in [0.1, 0.15) is 31.9 Å². The van der Waals surface area contributed by atoms with Crippen LogP contribution in [0.15, 0.2) is 48.5 Å². The van der Waals surface area contributed by atoms with Crippen LogP contribution in [-0.2, 0) is 22.7 Å². The number of benzene rings is 2. The summed E-state index contributed by atoms with van der Waals surface area (Å²) in [5.41, 5.74) is 0.813. The number of aliphatic hydroxyl groups excluding tert-OH is 1. The van der Waals surface area contributed by atoms with Crippen LogP contribution >= 0.6 is 0 Å². The molecule has 2 aromatic rings. The Morgan fingerprint density at radius 2 is 1.80 bits per heavy atom. The summed E-state index contributed by atoms with van der Waals surface area (Å²) in [7, 11) is 0. The summed E-state index contributed by atoms with van der Waals surface area (Å²) in [5, 5.41) is 14.4. The lowest BCUT2D eigenvalue weighted by atomic mass is 10.2. The van der Waals surface area contributed by atoms with E-state index in [1.54, 1.807) is 57.2 Å². The van der Waals surface area contributed by atoms with Gasteiger partial charge in [-0.25, -0.2) is 9.18 Å². The van der Waals surface area contributed by atoms with Gasteiger partial charge in [0.2, 0.25) is 5.91 Å². The molecule has 2 amide bonds. The fourth-order valence-electron chi connectivity index (χ4n) is 2.45. The first-order chi connectivity index (χ1) is 14.2. The Morgan fingerprint density at radius 1 is 1.10 bits per heavy atom. The summed E-state index contributed by atoms with van der Waals surface area (Å²) in [5.74, 6) is -0.242. The Labute approximate surface area is 175 Å². The number of aliphatic hydroxyl groups is 1. The molecule has 0 heterocycles. The highest BCUT2D eigenvalue weighted by Gasteiger charge is 2.23. The van der Waals surface area contributed by atoms with Crippen LogP contribution in [0.2, 0.25) is 0 Å². The Hall–Kier alpha value is -3.13. The Morgan fingerprint density at radius 3 is 2.40 bits per heavy atom. The van der Waals surface area contributed by atoms with E-state index in [1.165, 1.54) is 12.1 Å². The van der Waals surface area contributed by atoms with Gasteiger partial charge in [0.15, 0.2) is 0 Å². The Kier molecular flexibility index (Phi) is 8.17. The van der Waals surface area contributed by atoms with E-state index in [9.17, 15) is 19.1 Å². The highest BCUT2D eigenvalue weighted by atomic mass is 19.1. The van der Waals surface area contributed by atoms with Crippen LogP contribution in [0, 0.1) is 5.82 Å². The minimum absolute atomic E-state index is 0.204. The third-order valence-corrected chi connectivity index (χ3v) is 3.87. The van der Waals surface area contributed by atoms with Gasteiger partial charge in [0.05, 0.1) is 6.61 Å². The van der Waals surface area contributed by atoms with Crippen LogP contribution in [0.5, 0.6) is 5.75 Å². The maximum absolute atomic E-state index is 13.2. The van der Waals surface area contributed by atoms with Crippen molar-refractivity contribution < 1.29 is 28.6 Å². The van der Waals surface area contributed by atoms with E-state index in [2.05, 4.69) is 10.6 Å². The lowest BCUT2D eigenvalue weighted by Gasteiger charge is -2.22. The van der Waals surface area contributed by atoms with Crippen molar-refractivity contribution >= 4 is 12.0 Å². The number of rotatable bonds is 8. The van der Waals surface area contributed by atoms with Gasteiger partial charge in [-0.05, 0) is 56.2 Å². The number of ether oxygens (including phenoxy) is 2. The van der Waals surface area contributed by atoms with Gasteiger partial charge in [-0.15, -0.1) is 0 Å². The van der Waals surface area contributed by atoms with Crippen molar-refractivity contribution in [1.29, 1.82) is 0 Å². The summed E-state index contributed by atoms with van der Waals surface area (Å²) in [4.78, 5) is 24.0. The number of amides is 2. The highest BCUT2D eigenvalue weighted by molar-refractivity contribution is 5.85. The summed E-state index contributed by atoms with van der Waals surface area (Å²) in [6.07, 6.45) is -0.781. The Balaban J connectivity index is 1.81. The molecule has 1 unspecified atom stereocenters. The second-order valence-electron chi connectivity index (χ2n) is 7.66. The largest absolute Gasteiger partial charge is 0.489 e. The topological polar surface area (TPSA) is 96.9 Å². The maximum Gasteiger partial charge on any atom is 0.408 e. The number of hydrogen-bond donors (Lipinski definition) is 3. The molecule has 0 fully saturated rings. The van der Waals surface area contributed by atoms with Gasteiger partial charge < -0.3 is 25.2 Å². The average Bonchev–Trinajstić information content (AvgIpc) is 2.68. The molecule has 0 aliphatic carbocycles. The zero-order chi connectivity index (χ0) is 22.1. The molecule has 0 aromatic heterocycles.